The number of aliphatic hydroxyl groups excluding tert-OH is 1. The second-order valence-electron chi connectivity index (χ2n) is 3.86. The van der Waals surface area contributed by atoms with Crippen LogP contribution < -0.4 is 4.74 Å². The van der Waals surface area contributed by atoms with Gasteiger partial charge in [-0.15, -0.1) is 0 Å². The Kier molecular flexibility index (Phi) is 6.55. The van der Waals surface area contributed by atoms with E-state index in [1.807, 2.05) is 0 Å². The number of halogens is 2. The number of hydrogen-bond donors (Lipinski definition) is 1. The first kappa shape index (κ1) is 17.0. The molecule has 0 saturated heterocycles. The van der Waals surface area contributed by atoms with Gasteiger partial charge in [0, 0.05) is 24.6 Å². The van der Waals surface area contributed by atoms with E-state index in [0.29, 0.717) is 21.3 Å². The maximum Gasteiger partial charge on any atom is 0.123 e. The molecule has 0 unspecified atom stereocenters. The van der Waals surface area contributed by atoms with E-state index in [4.69, 9.17) is 10.5 Å². The zero-order valence-corrected chi connectivity index (χ0v) is 14.2. The quantitative estimate of drug-likeness (QED) is 0.671. The maximum absolute atomic E-state index is 13.2. The van der Waals surface area contributed by atoms with Crippen molar-refractivity contribution in [3.8, 4) is 5.75 Å². The monoisotopic (exact) mass is 518 g/mol. The zero-order chi connectivity index (χ0) is 13.8. The summed E-state index contributed by atoms with van der Waals surface area (Å²) in [5.41, 5.74) is 8.73. The number of hydrogen-bond acceptors (Lipinski definition) is 3. The van der Waals surface area contributed by atoms with Gasteiger partial charge in [-0.3, -0.25) is 0 Å². The van der Waals surface area contributed by atoms with E-state index < -0.39 is 5.82 Å². The molecule has 0 atom stereocenters. The average Bonchev–Trinajstić information content (AvgIpc) is 2.40. The van der Waals surface area contributed by atoms with Crippen molar-refractivity contribution in [2.75, 3.05) is 0 Å². The summed E-state index contributed by atoms with van der Waals surface area (Å²) in [7, 11) is 0. The van der Waals surface area contributed by atoms with Crippen molar-refractivity contribution in [2.45, 2.75) is 13.2 Å². The molecule has 7 heteroatoms. The van der Waals surface area contributed by atoms with Gasteiger partial charge in [-0.1, -0.05) is 28.2 Å². The van der Waals surface area contributed by atoms with Crippen molar-refractivity contribution in [3.05, 3.63) is 57.6 Å². The maximum atomic E-state index is 13.2. The Bertz CT molecular complexity index is 599. The standard InChI is InChI=1S/C13H11BrFN2O2.Ir/c14-10-4-12(13(16)17-5-10)19-7-9-3-11(15)2-1-8(9)6-18;/h1-5,18H,6-7H2,(H-,16,17);/q-1;. The Labute approximate surface area is 137 Å². The van der Waals surface area contributed by atoms with E-state index in [9.17, 15) is 9.50 Å². The van der Waals surface area contributed by atoms with Crippen LogP contribution in [0, 0.1) is 5.82 Å². The van der Waals surface area contributed by atoms with Gasteiger partial charge in [-0.25, -0.2) is 4.39 Å². The number of ether oxygens (including phenoxy) is 1. The number of rotatable bonds is 4. The molecule has 0 aliphatic rings. The van der Waals surface area contributed by atoms with Crippen LogP contribution in [0.2, 0.25) is 0 Å². The van der Waals surface area contributed by atoms with E-state index in [1.54, 1.807) is 6.07 Å². The summed E-state index contributed by atoms with van der Waals surface area (Å²) in [5, 5.41) is 9.17. The van der Waals surface area contributed by atoms with Gasteiger partial charge >= 0.3 is 0 Å². The summed E-state index contributed by atoms with van der Waals surface area (Å²) < 4.78 is 19.3. The first-order valence-electron chi connectivity index (χ1n) is 5.48. The summed E-state index contributed by atoms with van der Waals surface area (Å²) in [5.74, 6) is -0.0954. The predicted molar refractivity (Wildman–Crippen MR) is 72.6 cm³/mol. The summed E-state index contributed by atoms with van der Waals surface area (Å²) in [6.45, 7) is -0.124. The van der Waals surface area contributed by atoms with Gasteiger partial charge in [0.2, 0.25) is 0 Å². The second kappa shape index (κ2) is 7.69. The van der Waals surface area contributed by atoms with Crippen LogP contribution in [-0.4, -0.2) is 10.1 Å². The van der Waals surface area contributed by atoms with Gasteiger partial charge in [0.15, 0.2) is 0 Å². The number of nitrogens with one attached hydrogen (secondary N) is 1. The molecule has 0 fully saturated rings. The number of pyridine rings is 1. The molecule has 2 N–H and O–H groups in total. The number of aromatic nitrogens is 1. The fourth-order valence-electron chi connectivity index (χ4n) is 1.57. The van der Waals surface area contributed by atoms with Crippen molar-refractivity contribution in [1.82, 2.24) is 4.98 Å². The minimum Gasteiger partial charge on any atom is -0.489 e. The number of benzene rings is 1. The molecule has 0 bridgehead atoms. The Morgan fingerprint density at radius 3 is 2.75 bits per heavy atom. The SMILES string of the molecule is [Ir].[NH-]c1ncc(Br)cc1OCc1cc(F)ccc1CO. The van der Waals surface area contributed by atoms with Crippen molar-refractivity contribution in [1.29, 1.82) is 0 Å². The van der Waals surface area contributed by atoms with Gasteiger partial charge in [0.1, 0.15) is 18.2 Å². The van der Waals surface area contributed by atoms with Crippen LogP contribution in [0.5, 0.6) is 5.75 Å². The second-order valence-corrected chi connectivity index (χ2v) is 4.78. The molecule has 2 rings (SSSR count). The van der Waals surface area contributed by atoms with Crippen LogP contribution in [0.4, 0.5) is 10.2 Å². The van der Waals surface area contributed by atoms with Crippen molar-refractivity contribution >= 4 is 21.7 Å². The van der Waals surface area contributed by atoms with Crippen LogP contribution in [0.1, 0.15) is 11.1 Å². The van der Waals surface area contributed by atoms with Gasteiger partial charge in [-0.05, 0) is 35.1 Å². The fraction of sp³-hybridized carbons (Fsp3) is 0.154. The Morgan fingerprint density at radius 2 is 2.05 bits per heavy atom. The van der Waals surface area contributed by atoms with Crippen LogP contribution in [0.3, 0.4) is 0 Å². The third kappa shape index (κ3) is 4.24. The summed E-state index contributed by atoms with van der Waals surface area (Å²) >= 11 is 3.24. The topological polar surface area (TPSA) is 66.2 Å². The molecular weight excluding hydrogens is 507 g/mol. The molecule has 20 heavy (non-hydrogen) atoms. The average molecular weight is 518 g/mol. The van der Waals surface area contributed by atoms with Crippen LogP contribution in [0.15, 0.2) is 34.9 Å². The minimum atomic E-state index is -0.394. The molecule has 1 aromatic heterocycles. The largest absolute Gasteiger partial charge is 0.489 e. The summed E-state index contributed by atoms with van der Waals surface area (Å²) in [4.78, 5) is 3.82. The summed E-state index contributed by atoms with van der Waals surface area (Å²) in [6.07, 6.45) is 1.50. The molecule has 0 aliphatic heterocycles. The Morgan fingerprint density at radius 1 is 1.30 bits per heavy atom. The van der Waals surface area contributed by atoms with Crippen molar-refractivity contribution in [2.24, 2.45) is 0 Å². The van der Waals surface area contributed by atoms with E-state index in [1.165, 1.54) is 24.4 Å². The third-order valence-corrected chi connectivity index (χ3v) is 2.97. The first-order chi connectivity index (χ1) is 9.10. The smallest absolute Gasteiger partial charge is 0.123 e. The van der Waals surface area contributed by atoms with E-state index in [-0.39, 0.29) is 39.1 Å². The predicted octanol–water partition coefficient (Wildman–Crippen LogP) is 3.74. The third-order valence-electron chi connectivity index (χ3n) is 2.54. The molecule has 2 aromatic rings. The molecular formula is C13H11BrFIrN2O2-. The molecule has 0 saturated carbocycles. The minimum absolute atomic E-state index is 0. The van der Waals surface area contributed by atoms with Gasteiger partial charge in [0.25, 0.3) is 0 Å². The molecule has 4 nitrogen and oxygen atoms in total. The van der Waals surface area contributed by atoms with Crippen molar-refractivity contribution < 1.29 is 34.3 Å². The Hall–Kier alpha value is -1.01. The molecule has 1 heterocycles. The zero-order valence-electron chi connectivity index (χ0n) is 10.2. The molecule has 0 aliphatic carbocycles. The van der Waals surface area contributed by atoms with Gasteiger partial charge in [0.05, 0.1) is 6.61 Å². The van der Waals surface area contributed by atoms with Crippen molar-refractivity contribution in [3.63, 3.8) is 0 Å². The summed E-state index contributed by atoms with van der Waals surface area (Å²) in [6, 6.07) is 5.72. The van der Waals surface area contributed by atoms with E-state index >= 15 is 0 Å². The van der Waals surface area contributed by atoms with Gasteiger partial charge in [-0.2, -0.15) is 0 Å². The molecule has 109 valence electrons. The van der Waals surface area contributed by atoms with Crippen LogP contribution in [0.25, 0.3) is 5.73 Å². The molecule has 0 spiro atoms. The van der Waals surface area contributed by atoms with Crippen LogP contribution in [-0.2, 0) is 33.3 Å². The normalized spacial score (nSPS) is 9.95. The van der Waals surface area contributed by atoms with E-state index in [2.05, 4.69) is 20.9 Å². The number of aliphatic hydroxyl groups is 1. The molecule has 0 amide bonds. The molecule has 1 radical (unpaired) electrons. The van der Waals surface area contributed by atoms with Gasteiger partial charge < -0.3 is 20.6 Å². The Balaban J connectivity index is 0.00000200. The number of nitrogens with zero attached hydrogens (tertiary/aromatic N) is 1. The molecule has 1 aromatic carbocycles. The van der Waals surface area contributed by atoms with E-state index in [0.717, 1.165) is 0 Å². The fourth-order valence-corrected chi connectivity index (χ4v) is 1.88. The van der Waals surface area contributed by atoms with Crippen LogP contribution >= 0.6 is 15.9 Å². The first-order valence-corrected chi connectivity index (χ1v) is 6.27.